The molecule has 39 heavy (non-hydrogen) atoms. The van der Waals surface area contributed by atoms with Gasteiger partial charge in [0.25, 0.3) is 10.0 Å². The van der Waals surface area contributed by atoms with E-state index >= 15 is 0 Å². The maximum Gasteiger partial charge on any atom is 0.264 e. The van der Waals surface area contributed by atoms with Crippen molar-refractivity contribution in [1.82, 2.24) is 10.2 Å². The van der Waals surface area contributed by atoms with Crippen LogP contribution >= 0.6 is 0 Å². The number of carbonyl (C=O) groups excluding carboxylic acids is 2. The molecule has 0 saturated carbocycles. The number of hydrogen-bond donors (Lipinski definition) is 1. The van der Waals surface area contributed by atoms with Gasteiger partial charge in [0.15, 0.2) is 11.5 Å². The van der Waals surface area contributed by atoms with E-state index in [1.807, 2.05) is 0 Å². The number of para-hydroxylation sites is 1. The zero-order valence-corrected chi connectivity index (χ0v) is 23.1. The van der Waals surface area contributed by atoms with Crippen molar-refractivity contribution in [3.05, 3.63) is 84.2 Å². The van der Waals surface area contributed by atoms with E-state index in [-0.39, 0.29) is 29.3 Å². The van der Waals surface area contributed by atoms with Gasteiger partial charge in [0, 0.05) is 19.7 Å². The van der Waals surface area contributed by atoms with Gasteiger partial charge in [-0.1, -0.05) is 37.3 Å². The summed E-state index contributed by atoms with van der Waals surface area (Å²) >= 11 is 0. The Bertz CT molecular complexity index is 1380. The summed E-state index contributed by atoms with van der Waals surface area (Å²) in [5.41, 5.74) is 0.844. The van der Waals surface area contributed by atoms with E-state index in [2.05, 4.69) is 5.32 Å². The average molecular weight is 558 g/mol. The van der Waals surface area contributed by atoms with Crippen LogP contribution in [0.4, 0.5) is 10.1 Å². The molecule has 0 aromatic heterocycles. The molecule has 0 fully saturated rings. The maximum atomic E-state index is 13.9. The van der Waals surface area contributed by atoms with Gasteiger partial charge in [0.05, 0.1) is 24.8 Å². The summed E-state index contributed by atoms with van der Waals surface area (Å²) in [6.07, 6.45) is 0.278. The standard InChI is InChI=1S/C28H32FN3O6S/c1-5-24(28(34)30-2)31(18-20-11-13-21(29)14-12-20)27(33)19-32(22-9-7-6-8-10-22)39(35,36)23-15-16-25(37-3)26(17-23)38-4/h6-17,24H,5,18-19H2,1-4H3,(H,30,34)/t24-/m0/s1. The van der Waals surface area contributed by atoms with Crippen LogP contribution in [0.3, 0.4) is 0 Å². The molecule has 0 saturated heterocycles. The predicted octanol–water partition coefficient (Wildman–Crippen LogP) is 3.59. The first-order chi connectivity index (χ1) is 18.7. The third-order valence-corrected chi connectivity index (χ3v) is 7.93. The van der Waals surface area contributed by atoms with Crippen molar-refractivity contribution in [2.45, 2.75) is 30.8 Å². The number of carbonyl (C=O) groups is 2. The summed E-state index contributed by atoms with van der Waals surface area (Å²) < 4.78 is 52.9. The van der Waals surface area contributed by atoms with Crippen LogP contribution < -0.4 is 19.1 Å². The van der Waals surface area contributed by atoms with Gasteiger partial charge >= 0.3 is 0 Å². The van der Waals surface area contributed by atoms with Gasteiger partial charge in [-0.2, -0.15) is 0 Å². The van der Waals surface area contributed by atoms with Crippen molar-refractivity contribution >= 4 is 27.5 Å². The smallest absolute Gasteiger partial charge is 0.264 e. The van der Waals surface area contributed by atoms with Crippen molar-refractivity contribution in [3.63, 3.8) is 0 Å². The number of sulfonamides is 1. The molecule has 0 unspecified atom stereocenters. The second-order valence-electron chi connectivity index (χ2n) is 8.55. The maximum absolute atomic E-state index is 13.9. The summed E-state index contributed by atoms with van der Waals surface area (Å²) in [4.78, 5) is 27.8. The third-order valence-electron chi connectivity index (χ3n) is 6.16. The van der Waals surface area contributed by atoms with Crippen molar-refractivity contribution in [2.24, 2.45) is 0 Å². The van der Waals surface area contributed by atoms with Gasteiger partial charge in [0.1, 0.15) is 18.4 Å². The van der Waals surface area contributed by atoms with E-state index in [0.717, 1.165) is 4.31 Å². The van der Waals surface area contributed by atoms with Crippen molar-refractivity contribution in [2.75, 3.05) is 32.1 Å². The third kappa shape index (κ3) is 6.85. The molecule has 2 amide bonds. The van der Waals surface area contributed by atoms with Crippen LogP contribution in [0.25, 0.3) is 0 Å². The van der Waals surface area contributed by atoms with Gasteiger partial charge in [-0.15, -0.1) is 0 Å². The Kier molecular flexibility index (Phi) is 9.89. The first-order valence-electron chi connectivity index (χ1n) is 12.2. The Morgan fingerprint density at radius 3 is 2.15 bits per heavy atom. The number of amides is 2. The molecule has 0 aliphatic rings. The van der Waals surface area contributed by atoms with Crippen LogP contribution in [0, 0.1) is 5.82 Å². The van der Waals surface area contributed by atoms with Crippen LogP contribution in [0.2, 0.25) is 0 Å². The van der Waals surface area contributed by atoms with E-state index in [1.54, 1.807) is 37.3 Å². The molecule has 0 aliphatic heterocycles. The van der Waals surface area contributed by atoms with Crippen LogP contribution in [-0.2, 0) is 26.2 Å². The molecule has 0 bridgehead atoms. The largest absolute Gasteiger partial charge is 0.493 e. The lowest BCUT2D eigenvalue weighted by molar-refractivity contribution is -0.140. The fraction of sp³-hybridized carbons (Fsp3) is 0.286. The molecule has 208 valence electrons. The van der Waals surface area contributed by atoms with Crippen LogP contribution in [0.15, 0.2) is 77.7 Å². The highest BCUT2D eigenvalue weighted by Crippen LogP contribution is 2.32. The molecular formula is C28H32FN3O6S. The lowest BCUT2D eigenvalue weighted by Gasteiger charge is -2.33. The van der Waals surface area contributed by atoms with Crippen LogP contribution in [-0.4, -0.2) is 59.0 Å². The summed E-state index contributed by atoms with van der Waals surface area (Å²) in [6, 6.07) is 17.0. The molecule has 1 N–H and O–H groups in total. The minimum absolute atomic E-state index is 0.0237. The quantitative estimate of drug-likeness (QED) is 0.365. The van der Waals surface area contributed by atoms with E-state index in [1.165, 1.54) is 68.6 Å². The molecule has 9 nitrogen and oxygen atoms in total. The van der Waals surface area contributed by atoms with Gasteiger partial charge < -0.3 is 19.7 Å². The summed E-state index contributed by atoms with van der Waals surface area (Å²) in [5, 5.41) is 2.56. The number of likely N-dealkylation sites (N-methyl/N-ethyl adjacent to an activating group) is 1. The Morgan fingerprint density at radius 2 is 1.59 bits per heavy atom. The van der Waals surface area contributed by atoms with Gasteiger partial charge in [-0.3, -0.25) is 13.9 Å². The number of hydrogen-bond acceptors (Lipinski definition) is 6. The fourth-order valence-corrected chi connectivity index (χ4v) is 5.53. The topological polar surface area (TPSA) is 105 Å². The Hall–Kier alpha value is -4.12. The van der Waals surface area contributed by atoms with Crippen molar-refractivity contribution < 1.29 is 31.9 Å². The highest BCUT2D eigenvalue weighted by atomic mass is 32.2. The lowest BCUT2D eigenvalue weighted by atomic mass is 10.1. The summed E-state index contributed by atoms with van der Waals surface area (Å²) in [5.74, 6) is -0.891. The van der Waals surface area contributed by atoms with E-state index in [0.29, 0.717) is 11.3 Å². The minimum Gasteiger partial charge on any atom is -0.493 e. The Morgan fingerprint density at radius 1 is 0.949 bits per heavy atom. The molecule has 11 heteroatoms. The normalized spacial score (nSPS) is 11.8. The number of nitrogens with one attached hydrogen (secondary N) is 1. The highest BCUT2D eigenvalue weighted by Gasteiger charge is 2.33. The zero-order chi connectivity index (χ0) is 28.6. The summed E-state index contributed by atoms with van der Waals surface area (Å²) in [6.45, 7) is 1.14. The number of benzene rings is 3. The molecule has 3 aromatic carbocycles. The first-order valence-corrected chi connectivity index (χ1v) is 13.7. The number of anilines is 1. The van der Waals surface area contributed by atoms with Crippen LogP contribution in [0.1, 0.15) is 18.9 Å². The number of halogens is 1. The predicted molar refractivity (Wildman–Crippen MR) is 146 cm³/mol. The second-order valence-corrected chi connectivity index (χ2v) is 10.4. The van der Waals surface area contributed by atoms with Gasteiger partial charge in [-0.25, -0.2) is 12.8 Å². The molecule has 3 rings (SSSR count). The molecule has 0 spiro atoms. The first kappa shape index (κ1) is 29.4. The number of rotatable bonds is 12. The Labute approximate surface area is 228 Å². The lowest BCUT2D eigenvalue weighted by Crippen LogP contribution is -2.51. The highest BCUT2D eigenvalue weighted by molar-refractivity contribution is 7.92. The molecule has 0 aliphatic carbocycles. The van der Waals surface area contributed by atoms with Gasteiger partial charge in [0.2, 0.25) is 11.8 Å². The molecule has 3 aromatic rings. The van der Waals surface area contributed by atoms with Crippen molar-refractivity contribution in [3.8, 4) is 11.5 Å². The van der Waals surface area contributed by atoms with E-state index in [9.17, 15) is 22.4 Å². The van der Waals surface area contributed by atoms with Crippen LogP contribution in [0.5, 0.6) is 11.5 Å². The molecule has 0 heterocycles. The number of nitrogens with zero attached hydrogens (tertiary/aromatic N) is 2. The molecule has 0 radical (unpaired) electrons. The van der Waals surface area contributed by atoms with E-state index in [4.69, 9.17) is 9.47 Å². The zero-order valence-electron chi connectivity index (χ0n) is 22.3. The SMILES string of the molecule is CC[C@@H](C(=O)NC)N(Cc1ccc(F)cc1)C(=O)CN(c1ccccc1)S(=O)(=O)c1ccc(OC)c(OC)c1. The number of ether oxygens (including phenoxy) is 2. The second kappa shape index (κ2) is 13.1. The molecular weight excluding hydrogens is 525 g/mol. The average Bonchev–Trinajstić information content (AvgIpc) is 2.96. The van der Waals surface area contributed by atoms with E-state index < -0.39 is 40.2 Å². The monoisotopic (exact) mass is 557 g/mol. The summed E-state index contributed by atoms with van der Waals surface area (Å²) in [7, 11) is 0.0152. The minimum atomic E-state index is -4.28. The fourth-order valence-electron chi connectivity index (χ4n) is 4.10. The Balaban J connectivity index is 2.06. The van der Waals surface area contributed by atoms with Crippen molar-refractivity contribution in [1.29, 1.82) is 0 Å². The van der Waals surface area contributed by atoms with Gasteiger partial charge in [-0.05, 0) is 48.4 Å². The number of methoxy groups -OCH3 is 2. The molecule has 1 atom stereocenters.